The van der Waals surface area contributed by atoms with Crippen molar-refractivity contribution in [3.63, 3.8) is 0 Å². The summed E-state index contributed by atoms with van der Waals surface area (Å²) in [4.78, 5) is 21.6. The quantitative estimate of drug-likeness (QED) is 0.659. The fourth-order valence-corrected chi connectivity index (χ4v) is 1.92. The van der Waals surface area contributed by atoms with E-state index in [4.69, 9.17) is 0 Å². The maximum absolute atomic E-state index is 12.5. The Bertz CT molecular complexity index is 571. The Kier molecular flexibility index (Phi) is 4.12. The molecule has 2 rings (SSSR count). The van der Waals surface area contributed by atoms with Crippen LogP contribution in [0.25, 0.3) is 0 Å². The van der Waals surface area contributed by atoms with Crippen LogP contribution in [-0.2, 0) is 11.0 Å². The highest BCUT2D eigenvalue weighted by Gasteiger charge is 2.33. The summed E-state index contributed by atoms with van der Waals surface area (Å²) in [5, 5.41) is 16.1. The Labute approximate surface area is 117 Å². The normalized spacial score (nSPS) is 15.4. The molecule has 6 nitrogen and oxygen atoms in total. The van der Waals surface area contributed by atoms with E-state index in [1.54, 1.807) is 0 Å². The zero-order valence-corrected chi connectivity index (χ0v) is 10.7. The standard InChI is InChI=1S/C12H12F3N3O3/c13-12(14,15)8-1-2-9(10(4-8)18(20)21)17-11(19)3-7-5-16-6-7/h1-2,4,7,16H,3,5-6H2,(H,17,19). The summed E-state index contributed by atoms with van der Waals surface area (Å²) in [5.74, 6) is -0.303. The van der Waals surface area contributed by atoms with E-state index in [2.05, 4.69) is 10.6 Å². The van der Waals surface area contributed by atoms with Gasteiger partial charge in [0.2, 0.25) is 5.91 Å². The second-order valence-electron chi connectivity index (χ2n) is 4.76. The Morgan fingerprint density at radius 2 is 2.10 bits per heavy atom. The molecule has 9 heteroatoms. The van der Waals surface area contributed by atoms with Gasteiger partial charge in [-0.05, 0) is 31.1 Å². The number of alkyl halides is 3. The van der Waals surface area contributed by atoms with Crippen LogP contribution in [0.5, 0.6) is 0 Å². The van der Waals surface area contributed by atoms with E-state index in [1.807, 2.05) is 0 Å². The molecule has 0 aromatic heterocycles. The van der Waals surface area contributed by atoms with E-state index < -0.39 is 28.3 Å². The highest BCUT2D eigenvalue weighted by atomic mass is 19.4. The number of rotatable bonds is 4. The van der Waals surface area contributed by atoms with Gasteiger partial charge in [0.15, 0.2) is 0 Å². The number of halogens is 3. The number of carbonyl (C=O) groups is 1. The first-order chi connectivity index (χ1) is 9.77. The van der Waals surface area contributed by atoms with Gasteiger partial charge >= 0.3 is 6.18 Å². The molecule has 1 amide bonds. The minimum absolute atomic E-state index is 0.151. The average molecular weight is 303 g/mol. The third kappa shape index (κ3) is 3.69. The van der Waals surface area contributed by atoms with Gasteiger partial charge < -0.3 is 10.6 Å². The number of amides is 1. The second-order valence-corrected chi connectivity index (χ2v) is 4.76. The Balaban J connectivity index is 2.18. The summed E-state index contributed by atoms with van der Waals surface area (Å²) < 4.78 is 37.6. The first-order valence-corrected chi connectivity index (χ1v) is 6.13. The molecular formula is C12H12F3N3O3. The van der Waals surface area contributed by atoms with Crippen molar-refractivity contribution < 1.29 is 22.9 Å². The maximum Gasteiger partial charge on any atom is 0.416 e. The molecule has 0 unspecified atom stereocenters. The second kappa shape index (κ2) is 5.68. The third-order valence-electron chi connectivity index (χ3n) is 3.14. The van der Waals surface area contributed by atoms with Crippen LogP contribution in [-0.4, -0.2) is 23.9 Å². The number of anilines is 1. The van der Waals surface area contributed by atoms with Crippen molar-refractivity contribution in [2.24, 2.45) is 5.92 Å². The van der Waals surface area contributed by atoms with Crippen molar-refractivity contribution in [3.05, 3.63) is 33.9 Å². The van der Waals surface area contributed by atoms with Gasteiger partial charge in [-0.15, -0.1) is 0 Å². The summed E-state index contributed by atoms with van der Waals surface area (Å²) >= 11 is 0. The molecule has 1 saturated heterocycles. The average Bonchev–Trinajstić information content (AvgIpc) is 2.32. The van der Waals surface area contributed by atoms with E-state index in [9.17, 15) is 28.1 Å². The SMILES string of the molecule is O=C(CC1CNC1)Nc1ccc(C(F)(F)F)cc1[N+](=O)[O-]. The molecule has 0 saturated carbocycles. The number of nitrogens with one attached hydrogen (secondary N) is 2. The monoisotopic (exact) mass is 303 g/mol. The van der Waals surface area contributed by atoms with Gasteiger partial charge in [-0.1, -0.05) is 0 Å². The summed E-state index contributed by atoms with van der Waals surface area (Å²) in [6.45, 7) is 1.37. The largest absolute Gasteiger partial charge is 0.416 e. The molecule has 0 radical (unpaired) electrons. The lowest BCUT2D eigenvalue weighted by atomic mass is 9.99. The van der Waals surface area contributed by atoms with Crippen LogP contribution in [0.15, 0.2) is 18.2 Å². The smallest absolute Gasteiger partial charge is 0.320 e. The number of hydrogen-bond donors (Lipinski definition) is 2. The van der Waals surface area contributed by atoms with Crippen molar-refractivity contribution in [1.82, 2.24) is 5.32 Å². The number of nitrogens with zero attached hydrogens (tertiary/aromatic N) is 1. The minimum Gasteiger partial charge on any atom is -0.320 e. The predicted octanol–water partition coefficient (Wildman–Crippen LogP) is 2.16. The number of nitro benzene ring substituents is 1. The Morgan fingerprint density at radius 1 is 1.43 bits per heavy atom. The molecule has 1 aliphatic rings. The lowest BCUT2D eigenvalue weighted by molar-refractivity contribution is -0.384. The molecule has 1 aromatic carbocycles. The van der Waals surface area contributed by atoms with Crippen LogP contribution in [0, 0.1) is 16.0 Å². The van der Waals surface area contributed by atoms with Gasteiger partial charge in [0.1, 0.15) is 5.69 Å². The number of hydrogen-bond acceptors (Lipinski definition) is 4. The third-order valence-corrected chi connectivity index (χ3v) is 3.14. The highest BCUT2D eigenvalue weighted by Crippen LogP contribution is 2.35. The summed E-state index contributed by atoms with van der Waals surface area (Å²) in [6, 6.07) is 2.02. The molecule has 0 atom stereocenters. The Morgan fingerprint density at radius 3 is 2.57 bits per heavy atom. The van der Waals surface area contributed by atoms with Crippen LogP contribution >= 0.6 is 0 Å². The molecule has 21 heavy (non-hydrogen) atoms. The van der Waals surface area contributed by atoms with Crippen LogP contribution in [0.4, 0.5) is 24.5 Å². The lowest BCUT2D eigenvalue weighted by Crippen LogP contribution is -2.43. The Hall–Kier alpha value is -2.16. The van der Waals surface area contributed by atoms with E-state index in [0.29, 0.717) is 25.2 Å². The van der Waals surface area contributed by atoms with Gasteiger partial charge in [-0.25, -0.2) is 0 Å². The number of benzene rings is 1. The van der Waals surface area contributed by atoms with E-state index >= 15 is 0 Å². The van der Waals surface area contributed by atoms with Crippen LogP contribution in [0.3, 0.4) is 0 Å². The van der Waals surface area contributed by atoms with E-state index in [0.717, 1.165) is 6.07 Å². The molecule has 2 N–H and O–H groups in total. The molecule has 1 aromatic rings. The predicted molar refractivity (Wildman–Crippen MR) is 67.7 cm³/mol. The molecule has 0 aliphatic carbocycles. The van der Waals surface area contributed by atoms with Crippen molar-refractivity contribution >= 4 is 17.3 Å². The molecule has 0 spiro atoms. The van der Waals surface area contributed by atoms with Gasteiger partial charge in [-0.2, -0.15) is 13.2 Å². The molecular weight excluding hydrogens is 291 g/mol. The fourth-order valence-electron chi connectivity index (χ4n) is 1.92. The number of carbonyl (C=O) groups excluding carboxylic acids is 1. The van der Waals surface area contributed by atoms with Gasteiger partial charge in [0.25, 0.3) is 5.69 Å². The molecule has 1 aliphatic heterocycles. The van der Waals surface area contributed by atoms with E-state index in [-0.39, 0.29) is 18.0 Å². The van der Waals surface area contributed by atoms with Crippen molar-refractivity contribution in [3.8, 4) is 0 Å². The fraction of sp³-hybridized carbons (Fsp3) is 0.417. The maximum atomic E-state index is 12.5. The van der Waals surface area contributed by atoms with Crippen LogP contribution in [0.1, 0.15) is 12.0 Å². The topological polar surface area (TPSA) is 84.3 Å². The minimum atomic E-state index is -4.68. The van der Waals surface area contributed by atoms with Gasteiger partial charge in [0, 0.05) is 12.5 Å². The molecule has 1 heterocycles. The summed E-state index contributed by atoms with van der Waals surface area (Å²) in [6.07, 6.45) is -4.50. The summed E-state index contributed by atoms with van der Waals surface area (Å²) in [7, 11) is 0. The molecule has 1 fully saturated rings. The zero-order chi connectivity index (χ0) is 15.6. The lowest BCUT2D eigenvalue weighted by Gasteiger charge is -2.26. The first kappa shape index (κ1) is 15.2. The molecule has 0 bridgehead atoms. The zero-order valence-electron chi connectivity index (χ0n) is 10.7. The van der Waals surface area contributed by atoms with Gasteiger partial charge in [-0.3, -0.25) is 14.9 Å². The summed E-state index contributed by atoms with van der Waals surface area (Å²) in [5.41, 5.74) is -2.13. The van der Waals surface area contributed by atoms with Crippen LogP contribution in [0.2, 0.25) is 0 Å². The first-order valence-electron chi connectivity index (χ1n) is 6.13. The highest BCUT2D eigenvalue weighted by molar-refractivity contribution is 5.93. The van der Waals surface area contributed by atoms with E-state index in [1.165, 1.54) is 0 Å². The van der Waals surface area contributed by atoms with Crippen molar-refractivity contribution in [1.29, 1.82) is 0 Å². The van der Waals surface area contributed by atoms with Crippen LogP contribution < -0.4 is 10.6 Å². The molecule has 114 valence electrons. The number of nitro groups is 1. The van der Waals surface area contributed by atoms with Gasteiger partial charge in [0.05, 0.1) is 10.5 Å². The van der Waals surface area contributed by atoms with Crippen molar-refractivity contribution in [2.75, 3.05) is 18.4 Å². The van der Waals surface area contributed by atoms with Crippen molar-refractivity contribution in [2.45, 2.75) is 12.6 Å².